The third-order valence-corrected chi connectivity index (χ3v) is 5.59. The van der Waals surface area contributed by atoms with Gasteiger partial charge in [0, 0.05) is 28.4 Å². The van der Waals surface area contributed by atoms with Crippen LogP contribution in [0.3, 0.4) is 0 Å². The van der Waals surface area contributed by atoms with E-state index in [0.29, 0.717) is 15.7 Å². The smallest absolute Gasteiger partial charge is 0.252 e. The summed E-state index contributed by atoms with van der Waals surface area (Å²) in [6.07, 6.45) is 0.322. The molecule has 1 aliphatic heterocycles. The lowest BCUT2D eigenvalue weighted by atomic mass is 9.97. The maximum Gasteiger partial charge on any atom is 0.252 e. The van der Waals surface area contributed by atoms with Crippen LogP contribution in [-0.2, 0) is 9.59 Å². The number of amides is 3. The van der Waals surface area contributed by atoms with Crippen molar-refractivity contribution >= 4 is 39.3 Å². The van der Waals surface area contributed by atoms with Gasteiger partial charge in [-0.15, -0.1) is 0 Å². The Morgan fingerprint density at radius 1 is 0.935 bits per heavy atom. The Morgan fingerprint density at radius 3 is 2.32 bits per heavy atom. The minimum atomic E-state index is -0.722. The molecule has 1 aliphatic rings. The largest absolute Gasteiger partial charge is 0.341 e. The van der Waals surface area contributed by atoms with E-state index in [1.165, 1.54) is 12.1 Å². The topological polar surface area (TPSA) is 66.5 Å². The van der Waals surface area contributed by atoms with Crippen molar-refractivity contribution in [2.24, 2.45) is 0 Å². The number of nitrogens with one attached hydrogen (secondary N) is 1. The number of carbonyl (C=O) groups excluding carboxylic acids is 3. The number of imide groups is 1. The molecule has 1 saturated heterocycles. The summed E-state index contributed by atoms with van der Waals surface area (Å²) in [5.74, 6) is -1.48. The summed E-state index contributed by atoms with van der Waals surface area (Å²) in [6.45, 7) is 0. The van der Waals surface area contributed by atoms with E-state index in [0.717, 1.165) is 10.5 Å². The summed E-state index contributed by atoms with van der Waals surface area (Å²) in [7, 11) is 0. The molecule has 0 aliphatic carbocycles. The van der Waals surface area contributed by atoms with Gasteiger partial charge >= 0.3 is 0 Å². The van der Waals surface area contributed by atoms with Crippen LogP contribution >= 0.6 is 15.9 Å². The highest BCUT2D eigenvalue weighted by atomic mass is 79.9. The molecule has 3 amide bonds. The van der Waals surface area contributed by atoms with E-state index in [1.807, 2.05) is 30.3 Å². The fraction of sp³-hybridized carbons (Fsp3) is 0.125. The highest BCUT2D eigenvalue weighted by molar-refractivity contribution is 9.10. The molecule has 1 fully saturated rings. The second-order valence-electron chi connectivity index (χ2n) is 7.16. The number of anilines is 1. The first-order chi connectivity index (χ1) is 14.9. The van der Waals surface area contributed by atoms with Crippen LogP contribution in [0.1, 0.15) is 40.4 Å². The molecule has 7 heteroatoms. The lowest BCUT2D eigenvalue weighted by molar-refractivity contribution is -0.121. The van der Waals surface area contributed by atoms with E-state index in [2.05, 4.69) is 21.2 Å². The van der Waals surface area contributed by atoms with Crippen LogP contribution in [0.4, 0.5) is 10.1 Å². The van der Waals surface area contributed by atoms with E-state index in [1.54, 1.807) is 30.3 Å². The van der Waals surface area contributed by atoms with Crippen LogP contribution in [0.2, 0.25) is 0 Å². The standard InChI is InChI=1S/C24H18BrFN2O3/c25-17-9-10-19(20(26)14-17)23(15-5-2-1-3-6-15)27-24(31)16-7-4-8-18(13-16)28-21(29)11-12-22(28)30/h1-10,13-14,23H,11-12H2,(H,27,31). The van der Waals surface area contributed by atoms with Gasteiger partial charge < -0.3 is 5.32 Å². The molecule has 0 bridgehead atoms. The number of hydrogen-bond donors (Lipinski definition) is 1. The fourth-order valence-electron chi connectivity index (χ4n) is 3.59. The molecule has 156 valence electrons. The van der Waals surface area contributed by atoms with Crippen molar-refractivity contribution < 1.29 is 18.8 Å². The Kier molecular flexibility index (Phi) is 5.95. The second-order valence-corrected chi connectivity index (χ2v) is 8.07. The van der Waals surface area contributed by atoms with Gasteiger partial charge in [-0.25, -0.2) is 4.39 Å². The highest BCUT2D eigenvalue weighted by Gasteiger charge is 2.30. The van der Waals surface area contributed by atoms with Crippen molar-refractivity contribution in [1.29, 1.82) is 0 Å². The van der Waals surface area contributed by atoms with E-state index in [4.69, 9.17) is 0 Å². The summed E-state index contributed by atoms with van der Waals surface area (Å²) in [5.41, 5.74) is 1.66. The van der Waals surface area contributed by atoms with Gasteiger partial charge in [-0.2, -0.15) is 0 Å². The summed E-state index contributed by atoms with van der Waals surface area (Å²) in [6, 6.07) is 19.4. The first-order valence-corrected chi connectivity index (χ1v) is 10.5. The maximum absolute atomic E-state index is 14.7. The van der Waals surface area contributed by atoms with Gasteiger partial charge in [-0.05, 0) is 35.9 Å². The minimum absolute atomic E-state index is 0.161. The molecule has 4 rings (SSSR count). The minimum Gasteiger partial charge on any atom is -0.341 e. The van der Waals surface area contributed by atoms with Crippen LogP contribution in [-0.4, -0.2) is 17.7 Å². The molecule has 0 saturated carbocycles. The average Bonchev–Trinajstić information content (AvgIpc) is 3.11. The summed E-state index contributed by atoms with van der Waals surface area (Å²) >= 11 is 3.25. The molecule has 0 spiro atoms. The van der Waals surface area contributed by atoms with Gasteiger partial charge in [0.05, 0.1) is 11.7 Å². The van der Waals surface area contributed by atoms with E-state index < -0.39 is 17.8 Å². The number of benzene rings is 3. The Morgan fingerprint density at radius 2 is 1.65 bits per heavy atom. The van der Waals surface area contributed by atoms with Crippen molar-refractivity contribution in [2.75, 3.05) is 4.90 Å². The molecule has 3 aromatic rings. The van der Waals surface area contributed by atoms with E-state index in [9.17, 15) is 18.8 Å². The number of halogens is 2. The van der Waals surface area contributed by atoms with E-state index in [-0.39, 0.29) is 30.2 Å². The number of nitrogens with zero attached hydrogens (tertiary/aromatic N) is 1. The predicted octanol–water partition coefficient (Wildman–Crippen LogP) is 4.76. The summed E-state index contributed by atoms with van der Waals surface area (Å²) in [5, 5.41) is 2.88. The Balaban J connectivity index is 1.66. The van der Waals surface area contributed by atoms with Crippen molar-refractivity contribution in [3.05, 3.63) is 99.8 Å². The maximum atomic E-state index is 14.7. The lowest BCUT2D eigenvalue weighted by Crippen LogP contribution is -2.31. The van der Waals surface area contributed by atoms with Crippen molar-refractivity contribution in [3.8, 4) is 0 Å². The lowest BCUT2D eigenvalue weighted by Gasteiger charge is -2.21. The molecule has 1 heterocycles. The predicted molar refractivity (Wildman–Crippen MR) is 118 cm³/mol. The van der Waals surface area contributed by atoms with Crippen molar-refractivity contribution in [2.45, 2.75) is 18.9 Å². The number of carbonyl (C=O) groups is 3. The first kappa shape index (κ1) is 20.9. The van der Waals surface area contributed by atoms with E-state index >= 15 is 0 Å². The molecule has 0 aromatic heterocycles. The van der Waals surface area contributed by atoms with Gasteiger partial charge in [-0.3, -0.25) is 19.3 Å². The zero-order chi connectivity index (χ0) is 22.0. The van der Waals surface area contributed by atoms with Crippen molar-refractivity contribution in [1.82, 2.24) is 5.32 Å². The van der Waals surface area contributed by atoms with Crippen LogP contribution < -0.4 is 10.2 Å². The molecule has 31 heavy (non-hydrogen) atoms. The number of rotatable bonds is 5. The van der Waals surface area contributed by atoms with Gasteiger partial charge in [0.25, 0.3) is 5.91 Å². The van der Waals surface area contributed by atoms with Crippen LogP contribution in [0, 0.1) is 5.82 Å². The SMILES string of the molecule is O=C(NC(c1ccccc1)c1ccc(Br)cc1F)c1cccc(N2C(=O)CCC2=O)c1. The molecule has 1 atom stereocenters. The Labute approximate surface area is 187 Å². The molecule has 1 N–H and O–H groups in total. The molecule has 3 aromatic carbocycles. The third kappa shape index (κ3) is 4.41. The van der Waals surface area contributed by atoms with Crippen molar-refractivity contribution in [3.63, 3.8) is 0 Å². The van der Waals surface area contributed by atoms with Crippen LogP contribution in [0.5, 0.6) is 0 Å². The summed E-state index contributed by atoms with van der Waals surface area (Å²) in [4.78, 5) is 38.3. The van der Waals surface area contributed by atoms with Gasteiger partial charge in [0.1, 0.15) is 5.82 Å². The number of hydrogen-bond acceptors (Lipinski definition) is 3. The molecule has 0 radical (unpaired) electrons. The molecular weight excluding hydrogens is 463 g/mol. The second kappa shape index (κ2) is 8.81. The normalized spacial score (nSPS) is 14.6. The van der Waals surface area contributed by atoms with Gasteiger partial charge in [0.2, 0.25) is 11.8 Å². The Bertz CT molecular complexity index is 1150. The highest BCUT2D eigenvalue weighted by Crippen LogP contribution is 2.28. The van der Waals surface area contributed by atoms with Gasteiger partial charge in [-0.1, -0.05) is 58.4 Å². The quantitative estimate of drug-likeness (QED) is 0.535. The van der Waals surface area contributed by atoms with Gasteiger partial charge in [0.15, 0.2) is 0 Å². The molecule has 1 unspecified atom stereocenters. The zero-order valence-electron chi connectivity index (χ0n) is 16.3. The summed E-state index contributed by atoms with van der Waals surface area (Å²) < 4.78 is 15.3. The third-order valence-electron chi connectivity index (χ3n) is 5.10. The van der Waals surface area contributed by atoms with Crippen LogP contribution in [0.25, 0.3) is 0 Å². The molecular formula is C24H18BrFN2O3. The molecule has 5 nitrogen and oxygen atoms in total. The monoisotopic (exact) mass is 480 g/mol. The zero-order valence-corrected chi connectivity index (χ0v) is 17.9. The average molecular weight is 481 g/mol. The fourth-order valence-corrected chi connectivity index (χ4v) is 3.92. The van der Waals surface area contributed by atoms with Crippen LogP contribution in [0.15, 0.2) is 77.3 Å². The Hall–Kier alpha value is -3.32. The first-order valence-electron chi connectivity index (χ1n) is 9.70.